The lowest BCUT2D eigenvalue weighted by Gasteiger charge is -2.10. The van der Waals surface area contributed by atoms with E-state index in [9.17, 15) is 21.6 Å². The summed E-state index contributed by atoms with van der Waals surface area (Å²) in [6.07, 6.45) is 0.610. The summed E-state index contributed by atoms with van der Waals surface area (Å²) in [5, 5.41) is 2.99. The zero-order chi connectivity index (χ0) is 20.9. The molecule has 2 N–H and O–H groups in total. The van der Waals surface area contributed by atoms with Crippen LogP contribution in [0.15, 0.2) is 61.2 Å². The molecule has 154 valence electrons. The maximum atomic E-state index is 12.6. The standard InChI is InChI=1S/C18H18F3N5O2S/c19-18(20,21)15-5-3-14(4-6-15)12-29(27,28)25-8-7-22-16-11-17(24-13-23-16)26-9-1-2-10-26/h1-6,9-11,13,25H,7-8,12H2,(H,22,23,24). The smallest absolute Gasteiger partial charge is 0.369 e. The van der Waals surface area contributed by atoms with E-state index in [2.05, 4.69) is 20.0 Å². The Kier molecular flexibility index (Phi) is 6.18. The van der Waals surface area contributed by atoms with Crippen LogP contribution < -0.4 is 10.0 Å². The molecule has 1 aromatic carbocycles. The highest BCUT2D eigenvalue weighted by molar-refractivity contribution is 7.88. The third-order valence-corrected chi connectivity index (χ3v) is 5.27. The Morgan fingerprint density at radius 2 is 1.69 bits per heavy atom. The van der Waals surface area contributed by atoms with Crippen molar-refractivity contribution >= 4 is 15.8 Å². The Morgan fingerprint density at radius 3 is 2.34 bits per heavy atom. The van der Waals surface area contributed by atoms with Gasteiger partial charge in [-0.15, -0.1) is 0 Å². The number of rotatable bonds is 8. The molecule has 3 rings (SSSR count). The predicted molar refractivity (Wildman–Crippen MR) is 102 cm³/mol. The molecular formula is C18H18F3N5O2S. The van der Waals surface area contributed by atoms with Crippen LogP contribution in [0.1, 0.15) is 11.1 Å². The summed E-state index contributed by atoms with van der Waals surface area (Å²) >= 11 is 0. The van der Waals surface area contributed by atoms with Crippen LogP contribution in [0.4, 0.5) is 19.0 Å². The molecule has 0 aliphatic heterocycles. The van der Waals surface area contributed by atoms with Crippen LogP contribution in [-0.2, 0) is 22.0 Å². The fraction of sp³-hybridized carbons (Fsp3) is 0.222. The molecule has 0 saturated heterocycles. The summed E-state index contributed by atoms with van der Waals surface area (Å²) in [7, 11) is -3.69. The minimum atomic E-state index is -4.45. The molecule has 2 aromatic heterocycles. The molecule has 0 amide bonds. The van der Waals surface area contributed by atoms with E-state index >= 15 is 0 Å². The molecule has 3 aromatic rings. The van der Waals surface area contributed by atoms with E-state index in [1.165, 1.54) is 6.33 Å². The van der Waals surface area contributed by atoms with Crippen molar-refractivity contribution in [3.63, 3.8) is 0 Å². The first-order chi connectivity index (χ1) is 13.7. The summed E-state index contributed by atoms with van der Waals surface area (Å²) in [5.74, 6) is 0.789. The lowest BCUT2D eigenvalue weighted by Crippen LogP contribution is -2.30. The van der Waals surface area contributed by atoms with Gasteiger partial charge in [-0.25, -0.2) is 23.1 Å². The minimum absolute atomic E-state index is 0.0891. The number of sulfonamides is 1. The third kappa shape index (κ3) is 6.03. The molecule has 29 heavy (non-hydrogen) atoms. The van der Waals surface area contributed by atoms with E-state index in [1.807, 2.05) is 24.5 Å². The van der Waals surface area contributed by atoms with Crippen molar-refractivity contribution < 1.29 is 21.6 Å². The molecule has 0 bridgehead atoms. The van der Waals surface area contributed by atoms with Gasteiger partial charge >= 0.3 is 6.18 Å². The van der Waals surface area contributed by atoms with Gasteiger partial charge in [0.2, 0.25) is 10.0 Å². The third-order valence-electron chi connectivity index (χ3n) is 3.91. The second kappa shape index (κ2) is 8.62. The molecule has 2 heterocycles. The summed E-state index contributed by atoms with van der Waals surface area (Å²) in [6, 6.07) is 9.49. The molecule has 0 aliphatic rings. The van der Waals surface area contributed by atoms with E-state index in [0.717, 1.165) is 24.3 Å². The van der Waals surface area contributed by atoms with Crippen LogP contribution in [-0.4, -0.2) is 36.0 Å². The minimum Gasteiger partial charge on any atom is -0.369 e. The summed E-state index contributed by atoms with van der Waals surface area (Å²) in [6.45, 7) is 0.361. The average Bonchev–Trinajstić information content (AvgIpc) is 3.20. The van der Waals surface area contributed by atoms with Gasteiger partial charge in [-0.2, -0.15) is 13.2 Å². The number of nitrogens with zero attached hydrogens (tertiary/aromatic N) is 3. The largest absolute Gasteiger partial charge is 0.416 e. The van der Waals surface area contributed by atoms with Crippen molar-refractivity contribution in [2.24, 2.45) is 0 Å². The zero-order valence-corrected chi connectivity index (χ0v) is 15.9. The number of halogens is 3. The molecule has 0 spiro atoms. The Balaban J connectivity index is 1.49. The molecule has 0 saturated carbocycles. The monoisotopic (exact) mass is 425 g/mol. The Labute approximate surface area is 165 Å². The maximum Gasteiger partial charge on any atom is 0.416 e. The number of alkyl halides is 3. The normalized spacial score (nSPS) is 12.1. The Bertz CT molecular complexity index is 1040. The first kappa shape index (κ1) is 20.8. The van der Waals surface area contributed by atoms with Crippen LogP contribution in [0, 0.1) is 0 Å². The fourth-order valence-corrected chi connectivity index (χ4v) is 3.68. The van der Waals surface area contributed by atoms with Crippen molar-refractivity contribution in [3.8, 4) is 5.82 Å². The lowest BCUT2D eigenvalue weighted by molar-refractivity contribution is -0.137. The number of nitrogens with one attached hydrogen (secondary N) is 2. The number of benzene rings is 1. The number of anilines is 1. The van der Waals surface area contributed by atoms with Crippen molar-refractivity contribution in [3.05, 3.63) is 72.3 Å². The quantitative estimate of drug-likeness (QED) is 0.542. The van der Waals surface area contributed by atoms with E-state index in [4.69, 9.17) is 0 Å². The first-order valence-electron chi connectivity index (χ1n) is 8.56. The zero-order valence-electron chi connectivity index (χ0n) is 15.1. The molecule has 0 atom stereocenters. The van der Waals surface area contributed by atoms with E-state index in [-0.39, 0.29) is 18.7 Å². The van der Waals surface area contributed by atoms with Gasteiger partial charge in [0, 0.05) is 31.5 Å². The molecule has 0 fully saturated rings. The van der Waals surface area contributed by atoms with Gasteiger partial charge in [0.1, 0.15) is 18.0 Å². The lowest BCUT2D eigenvalue weighted by atomic mass is 10.1. The molecule has 0 unspecified atom stereocenters. The topological polar surface area (TPSA) is 88.9 Å². The molecule has 0 aliphatic carbocycles. The summed E-state index contributed by atoms with van der Waals surface area (Å²) in [5.41, 5.74) is -0.550. The summed E-state index contributed by atoms with van der Waals surface area (Å²) < 4.78 is 66.1. The second-order valence-electron chi connectivity index (χ2n) is 6.13. The summed E-state index contributed by atoms with van der Waals surface area (Å²) in [4.78, 5) is 8.22. The van der Waals surface area contributed by atoms with E-state index in [1.54, 1.807) is 10.6 Å². The fourth-order valence-electron chi connectivity index (χ4n) is 2.53. The molecule has 7 nitrogen and oxygen atoms in total. The highest BCUT2D eigenvalue weighted by atomic mass is 32.2. The Hall–Kier alpha value is -2.92. The highest BCUT2D eigenvalue weighted by Crippen LogP contribution is 2.29. The molecular weight excluding hydrogens is 407 g/mol. The predicted octanol–water partition coefficient (Wildman–Crippen LogP) is 2.82. The van der Waals surface area contributed by atoms with Crippen molar-refractivity contribution in [1.29, 1.82) is 0 Å². The van der Waals surface area contributed by atoms with Crippen LogP contribution >= 0.6 is 0 Å². The van der Waals surface area contributed by atoms with Gasteiger partial charge in [-0.1, -0.05) is 12.1 Å². The van der Waals surface area contributed by atoms with Crippen molar-refractivity contribution in [2.45, 2.75) is 11.9 Å². The van der Waals surface area contributed by atoms with E-state index in [0.29, 0.717) is 11.6 Å². The van der Waals surface area contributed by atoms with Crippen molar-refractivity contribution in [2.75, 3.05) is 18.4 Å². The average molecular weight is 425 g/mol. The van der Waals surface area contributed by atoms with Gasteiger partial charge in [-0.05, 0) is 29.8 Å². The molecule has 0 radical (unpaired) electrons. The maximum absolute atomic E-state index is 12.6. The van der Waals surface area contributed by atoms with Gasteiger partial charge in [0.15, 0.2) is 0 Å². The number of hydrogen-bond donors (Lipinski definition) is 2. The number of aromatic nitrogens is 3. The van der Waals surface area contributed by atoms with Crippen LogP contribution in [0.5, 0.6) is 0 Å². The number of hydrogen-bond acceptors (Lipinski definition) is 5. The van der Waals surface area contributed by atoms with Gasteiger partial charge in [0.05, 0.1) is 11.3 Å². The highest BCUT2D eigenvalue weighted by Gasteiger charge is 2.30. The SMILES string of the molecule is O=S(=O)(Cc1ccc(C(F)(F)F)cc1)NCCNc1cc(-n2cccc2)ncn1. The van der Waals surface area contributed by atoms with Gasteiger partial charge in [0.25, 0.3) is 0 Å². The van der Waals surface area contributed by atoms with Gasteiger partial charge in [-0.3, -0.25) is 0 Å². The van der Waals surface area contributed by atoms with Crippen molar-refractivity contribution in [1.82, 2.24) is 19.3 Å². The second-order valence-corrected chi connectivity index (χ2v) is 7.93. The van der Waals surface area contributed by atoms with Crippen LogP contribution in [0.2, 0.25) is 0 Å². The van der Waals surface area contributed by atoms with Gasteiger partial charge < -0.3 is 9.88 Å². The van der Waals surface area contributed by atoms with Crippen LogP contribution in [0.3, 0.4) is 0 Å². The van der Waals surface area contributed by atoms with Crippen LogP contribution in [0.25, 0.3) is 5.82 Å². The molecule has 11 heteroatoms. The Morgan fingerprint density at radius 1 is 1.00 bits per heavy atom. The van der Waals surface area contributed by atoms with E-state index < -0.39 is 27.5 Å². The first-order valence-corrected chi connectivity index (χ1v) is 10.2.